The third-order valence-corrected chi connectivity index (χ3v) is 3.43. The van der Waals surface area contributed by atoms with E-state index in [1.54, 1.807) is 6.07 Å². The van der Waals surface area contributed by atoms with E-state index in [2.05, 4.69) is 17.9 Å². The Bertz CT molecular complexity index is 419. The van der Waals surface area contributed by atoms with Crippen molar-refractivity contribution in [1.29, 1.82) is 5.26 Å². The highest BCUT2D eigenvalue weighted by molar-refractivity contribution is 5.67. The van der Waals surface area contributed by atoms with Crippen molar-refractivity contribution in [3.63, 3.8) is 0 Å². The van der Waals surface area contributed by atoms with E-state index in [1.165, 1.54) is 12.8 Å². The monoisotopic (exact) mass is 218 g/mol. The molecule has 0 unspecified atom stereocenters. The minimum atomic E-state index is 0.631. The van der Waals surface area contributed by atoms with Gasteiger partial charge in [-0.3, -0.25) is 0 Å². The van der Waals surface area contributed by atoms with Crippen molar-refractivity contribution < 1.29 is 0 Å². The highest BCUT2D eigenvalue weighted by Gasteiger charge is 2.21. The lowest BCUT2D eigenvalue weighted by Crippen LogP contribution is -2.34. The van der Waals surface area contributed by atoms with Gasteiger partial charge in [0.15, 0.2) is 0 Å². The number of hydrogen-bond acceptors (Lipinski definition) is 3. The second-order valence-electron chi connectivity index (χ2n) is 4.65. The molecule has 2 heterocycles. The zero-order chi connectivity index (χ0) is 11.7. The van der Waals surface area contributed by atoms with E-state index >= 15 is 0 Å². The molecule has 1 aromatic heterocycles. The van der Waals surface area contributed by atoms with E-state index in [-0.39, 0.29) is 0 Å². The molecule has 1 aliphatic heterocycles. The molecule has 2 rings (SSSR count). The van der Waals surface area contributed by atoms with Crippen LogP contribution in [0.4, 0.5) is 11.5 Å². The Morgan fingerprint density at radius 2 is 2.06 bits per heavy atom. The molecule has 0 atom stereocenters. The maximum atomic E-state index is 8.95. The summed E-state index contributed by atoms with van der Waals surface area (Å²) in [6, 6.07) is 3.92. The topological polar surface area (TPSA) is 58.0 Å². The fourth-order valence-corrected chi connectivity index (χ4v) is 2.34. The average Bonchev–Trinajstić information content (AvgIpc) is 2.56. The average molecular weight is 218 g/mol. The maximum absolute atomic E-state index is 8.95. The molecule has 16 heavy (non-hydrogen) atoms. The second kappa shape index (κ2) is 4.09. The van der Waals surface area contributed by atoms with Gasteiger partial charge in [-0.2, -0.15) is 5.26 Å². The summed E-state index contributed by atoms with van der Waals surface area (Å²) in [5, 5.41) is 8.95. The van der Waals surface area contributed by atoms with E-state index in [0.717, 1.165) is 24.8 Å². The van der Waals surface area contributed by atoms with Crippen LogP contribution in [0.25, 0.3) is 0 Å². The molecule has 0 amide bonds. The van der Waals surface area contributed by atoms with Crippen LogP contribution in [0.15, 0.2) is 6.07 Å². The fourth-order valence-electron chi connectivity index (χ4n) is 2.34. The lowest BCUT2D eigenvalue weighted by atomic mass is 9.99. The van der Waals surface area contributed by atoms with Crippen molar-refractivity contribution in [3.8, 4) is 6.07 Å². The van der Waals surface area contributed by atoms with E-state index in [9.17, 15) is 0 Å². The van der Waals surface area contributed by atoms with Crippen LogP contribution >= 0.6 is 0 Å². The van der Waals surface area contributed by atoms with Gasteiger partial charge in [-0.05, 0) is 24.8 Å². The van der Waals surface area contributed by atoms with Crippen LogP contribution in [0.1, 0.15) is 25.5 Å². The fraction of sp³-hybridized carbons (Fsp3) is 0.583. The summed E-state index contributed by atoms with van der Waals surface area (Å²) in [6.07, 6.45) is 2.40. The van der Waals surface area contributed by atoms with Crippen molar-refractivity contribution in [2.75, 3.05) is 23.7 Å². The van der Waals surface area contributed by atoms with Crippen LogP contribution < -0.4 is 10.6 Å². The summed E-state index contributed by atoms with van der Waals surface area (Å²) in [7, 11) is 1.91. The zero-order valence-electron chi connectivity index (χ0n) is 9.90. The molecule has 2 N–H and O–H groups in total. The standard InChI is InChI=1S/C12H18N4/c1-9-3-5-16(6-4-9)12-11(14)7-10(8-13)15(12)2/h7,9H,3-6,14H2,1-2H3. The number of nitriles is 1. The maximum Gasteiger partial charge on any atom is 0.132 e. The van der Waals surface area contributed by atoms with Crippen molar-refractivity contribution in [2.45, 2.75) is 19.8 Å². The first-order valence-electron chi connectivity index (χ1n) is 5.73. The smallest absolute Gasteiger partial charge is 0.132 e. The molecule has 1 fully saturated rings. The normalized spacial score (nSPS) is 17.4. The number of aromatic nitrogens is 1. The summed E-state index contributed by atoms with van der Waals surface area (Å²) >= 11 is 0. The molecule has 0 bridgehead atoms. The van der Waals surface area contributed by atoms with Crippen molar-refractivity contribution in [3.05, 3.63) is 11.8 Å². The molecule has 0 aliphatic carbocycles. The highest BCUT2D eigenvalue weighted by Crippen LogP contribution is 2.30. The predicted molar refractivity (Wildman–Crippen MR) is 65.2 cm³/mol. The van der Waals surface area contributed by atoms with Gasteiger partial charge in [-0.15, -0.1) is 0 Å². The van der Waals surface area contributed by atoms with Crippen LogP contribution in [0, 0.1) is 17.2 Å². The van der Waals surface area contributed by atoms with Gasteiger partial charge in [0.1, 0.15) is 17.6 Å². The van der Waals surface area contributed by atoms with Gasteiger partial charge in [0.25, 0.3) is 0 Å². The van der Waals surface area contributed by atoms with Crippen LogP contribution in [0.2, 0.25) is 0 Å². The van der Waals surface area contributed by atoms with Gasteiger partial charge in [0.05, 0.1) is 5.69 Å². The third kappa shape index (κ3) is 1.73. The van der Waals surface area contributed by atoms with Crippen LogP contribution in [0.5, 0.6) is 0 Å². The molecule has 4 heteroatoms. The Morgan fingerprint density at radius 1 is 1.44 bits per heavy atom. The van der Waals surface area contributed by atoms with Gasteiger partial charge in [-0.1, -0.05) is 6.92 Å². The highest BCUT2D eigenvalue weighted by atomic mass is 15.2. The zero-order valence-corrected chi connectivity index (χ0v) is 9.90. The minimum Gasteiger partial charge on any atom is -0.396 e. The Morgan fingerprint density at radius 3 is 2.56 bits per heavy atom. The molecular weight excluding hydrogens is 200 g/mol. The molecule has 4 nitrogen and oxygen atoms in total. The Kier molecular flexibility index (Phi) is 2.78. The predicted octanol–water partition coefficient (Wildman–Crippen LogP) is 1.72. The SMILES string of the molecule is CC1CCN(c2c(N)cc(C#N)n2C)CC1. The minimum absolute atomic E-state index is 0.631. The summed E-state index contributed by atoms with van der Waals surface area (Å²) in [5.41, 5.74) is 7.32. The van der Waals surface area contributed by atoms with E-state index in [1.807, 2.05) is 11.6 Å². The number of nitrogens with zero attached hydrogens (tertiary/aromatic N) is 3. The number of hydrogen-bond donors (Lipinski definition) is 1. The molecule has 0 radical (unpaired) electrons. The Hall–Kier alpha value is -1.63. The van der Waals surface area contributed by atoms with Crippen LogP contribution in [-0.2, 0) is 7.05 Å². The number of anilines is 2. The van der Waals surface area contributed by atoms with Crippen molar-refractivity contribution >= 4 is 11.5 Å². The summed E-state index contributed by atoms with van der Waals surface area (Å²) in [5.74, 6) is 1.80. The molecular formula is C12H18N4. The number of nitrogens with two attached hydrogens (primary N) is 1. The quantitative estimate of drug-likeness (QED) is 0.780. The first kappa shape index (κ1) is 10.9. The molecule has 0 saturated carbocycles. The van der Waals surface area contributed by atoms with E-state index < -0.39 is 0 Å². The largest absolute Gasteiger partial charge is 0.396 e. The van der Waals surface area contributed by atoms with Gasteiger partial charge in [-0.25, -0.2) is 0 Å². The molecule has 0 spiro atoms. The second-order valence-corrected chi connectivity index (χ2v) is 4.65. The molecule has 1 aliphatic rings. The van der Waals surface area contributed by atoms with E-state index in [0.29, 0.717) is 11.4 Å². The van der Waals surface area contributed by atoms with Crippen molar-refractivity contribution in [1.82, 2.24) is 4.57 Å². The first-order chi connectivity index (χ1) is 7.63. The summed E-state index contributed by atoms with van der Waals surface area (Å²) < 4.78 is 1.89. The van der Waals surface area contributed by atoms with Crippen LogP contribution in [0.3, 0.4) is 0 Å². The lowest BCUT2D eigenvalue weighted by molar-refractivity contribution is 0.435. The Balaban J connectivity index is 2.27. The van der Waals surface area contributed by atoms with E-state index in [4.69, 9.17) is 11.0 Å². The molecule has 86 valence electrons. The number of piperidine rings is 1. The van der Waals surface area contributed by atoms with Crippen LogP contribution in [-0.4, -0.2) is 17.7 Å². The van der Waals surface area contributed by atoms with Gasteiger partial charge < -0.3 is 15.2 Å². The Labute approximate surface area is 96.3 Å². The third-order valence-electron chi connectivity index (χ3n) is 3.43. The lowest BCUT2D eigenvalue weighted by Gasteiger charge is -2.32. The summed E-state index contributed by atoms with van der Waals surface area (Å²) in [6.45, 7) is 4.36. The van der Waals surface area contributed by atoms with Gasteiger partial charge in [0, 0.05) is 20.1 Å². The first-order valence-corrected chi connectivity index (χ1v) is 5.73. The molecule has 0 aromatic carbocycles. The number of rotatable bonds is 1. The molecule has 1 saturated heterocycles. The molecule has 1 aromatic rings. The van der Waals surface area contributed by atoms with Crippen molar-refractivity contribution in [2.24, 2.45) is 13.0 Å². The van der Waals surface area contributed by atoms with Gasteiger partial charge in [0.2, 0.25) is 0 Å². The van der Waals surface area contributed by atoms with Gasteiger partial charge >= 0.3 is 0 Å². The number of nitrogen functional groups attached to an aromatic ring is 1. The summed E-state index contributed by atoms with van der Waals surface area (Å²) in [4.78, 5) is 2.29.